The lowest BCUT2D eigenvalue weighted by molar-refractivity contribution is -0.121. The summed E-state index contributed by atoms with van der Waals surface area (Å²) in [6, 6.07) is 5.35. The number of hydrogen-bond donors (Lipinski definition) is 1. The van der Waals surface area contributed by atoms with Gasteiger partial charge in [-0.25, -0.2) is 0 Å². The van der Waals surface area contributed by atoms with Gasteiger partial charge < -0.3 is 10.1 Å². The zero-order valence-corrected chi connectivity index (χ0v) is 13.8. The summed E-state index contributed by atoms with van der Waals surface area (Å²) in [5, 5.41) is 12.9. The Balaban J connectivity index is 2.54. The second-order valence-corrected chi connectivity index (χ2v) is 5.48. The number of ether oxygens (including phenoxy) is 1. The van der Waals surface area contributed by atoms with E-state index in [1.54, 1.807) is 12.1 Å². The van der Waals surface area contributed by atoms with Gasteiger partial charge >= 0.3 is 0 Å². The topological polar surface area (TPSA) is 65.4 Å². The molecule has 1 aliphatic heterocycles. The van der Waals surface area contributed by atoms with Crippen LogP contribution in [0, 0.1) is 11.3 Å². The van der Waals surface area contributed by atoms with Crippen LogP contribution >= 0.6 is 23.2 Å². The summed E-state index contributed by atoms with van der Waals surface area (Å²) in [5.74, 6) is 0.220. The summed E-state index contributed by atoms with van der Waals surface area (Å²) < 4.78 is 5.39. The number of hydrogen-bond acceptors (Lipinski definition) is 4. The molecule has 1 aromatic carbocycles. The van der Waals surface area contributed by atoms with Crippen LogP contribution in [0.1, 0.15) is 19.4 Å². The first-order valence-corrected chi connectivity index (χ1v) is 7.49. The number of rotatable bonds is 4. The Hall–Kier alpha value is -1.90. The highest BCUT2D eigenvalue weighted by Crippen LogP contribution is 2.39. The van der Waals surface area contributed by atoms with Crippen molar-refractivity contribution >= 4 is 40.4 Å². The monoisotopic (exact) mass is 339 g/mol. The lowest BCUT2D eigenvalue weighted by Gasteiger charge is -2.28. The summed E-state index contributed by atoms with van der Waals surface area (Å²) in [6.45, 7) is 4.31. The van der Waals surface area contributed by atoms with Crippen molar-refractivity contribution < 1.29 is 9.53 Å². The lowest BCUT2D eigenvalue weighted by atomic mass is 10.1. The molecule has 0 bridgehead atoms. The van der Waals surface area contributed by atoms with Crippen LogP contribution in [-0.2, 0) is 4.79 Å². The molecule has 116 valence electrons. The van der Waals surface area contributed by atoms with Gasteiger partial charge in [-0.1, -0.05) is 23.2 Å². The van der Waals surface area contributed by atoms with Crippen molar-refractivity contribution in [3.05, 3.63) is 27.9 Å². The van der Waals surface area contributed by atoms with Gasteiger partial charge in [0.05, 0.1) is 16.8 Å². The molecule has 1 aromatic rings. The Labute approximate surface area is 139 Å². The number of carbonyl (C=O) groups is 1. The number of nitrogens with one attached hydrogen (secondary N) is 1. The molecule has 1 N–H and O–H groups in total. The molecule has 0 saturated heterocycles. The minimum absolute atomic E-state index is 0.0417. The van der Waals surface area contributed by atoms with Gasteiger partial charge in [-0.3, -0.25) is 9.69 Å². The number of allylic oxidation sites excluding steroid dienone is 1. The normalized spacial score (nSPS) is 14.7. The molecular formula is C15H15Cl2N3O2. The predicted molar refractivity (Wildman–Crippen MR) is 87.0 cm³/mol. The van der Waals surface area contributed by atoms with Gasteiger partial charge in [-0.15, -0.1) is 0 Å². The largest absolute Gasteiger partial charge is 0.482 e. The van der Waals surface area contributed by atoms with Crippen molar-refractivity contribution in [2.45, 2.75) is 13.8 Å². The molecule has 0 atom stereocenters. The van der Waals surface area contributed by atoms with Gasteiger partial charge in [0.15, 0.2) is 6.61 Å². The van der Waals surface area contributed by atoms with E-state index in [-0.39, 0.29) is 19.1 Å². The fourth-order valence-electron chi connectivity index (χ4n) is 2.16. The molecule has 0 unspecified atom stereocenters. The van der Waals surface area contributed by atoms with E-state index >= 15 is 0 Å². The van der Waals surface area contributed by atoms with Gasteiger partial charge in [0.2, 0.25) is 0 Å². The molecule has 7 heteroatoms. The van der Waals surface area contributed by atoms with Crippen LogP contribution in [0.2, 0.25) is 5.02 Å². The molecule has 5 nitrogen and oxygen atoms in total. The van der Waals surface area contributed by atoms with Crippen molar-refractivity contribution in [3.8, 4) is 11.8 Å². The Bertz CT molecular complexity index is 680. The molecule has 0 radical (unpaired) electrons. The molecule has 2 rings (SSSR count). The van der Waals surface area contributed by atoms with Crippen molar-refractivity contribution in [1.82, 2.24) is 5.32 Å². The number of nitrogens with zero attached hydrogens (tertiary/aromatic N) is 2. The fraction of sp³-hybridized carbons (Fsp3) is 0.333. The maximum atomic E-state index is 11.9. The Kier molecular flexibility index (Phi) is 5.17. The Morgan fingerprint density at radius 2 is 2.27 bits per heavy atom. The molecule has 0 spiro atoms. The van der Waals surface area contributed by atoms with Gasteiger partial charge in [-0.05, 0) is 25.5 Å². The van der Waals surface area contributed by atoms with Crippen molar-refractivity contribution in [1.29, 1.82) is 5.26 Å². The van der Waals surface area contributed by atoms with Gasteiger partial charge in [0.1, 0.15) is 17.5 Å². The van der Waals surface area contributed by atoms with Crippen LogP contribution in [0.4, 0.5) is 5.69 Å². The van der Waals surface area contributed by atoms with Crippen molar-refractivity contribution in [2.24, 2.45) is 0 Å². The smallest absolute Gasteiger partial charge is 0.265 e. The molecule has 0 aliphatic carbocycles. The minimum atomic E-state index is -0.262. The fourth-order valence-corrected chi connectivity index (χ4v) is 2.69. The first-order valence-electron chi connectivity index (χ1n) is 6.73. The highest BCUT2D eigenvalue weighted by molar-refractivity contribution is 6.35. The number of carbonyl (C=O) groups excluding carboxylic acids is 1. The summed E-state index contributed by atoms with van der Waals surface area (Å²) in [4.78, 5) is 13.3. The molecule has 0 aromatic heterocycles. The third-order valence-corrected chi connectivity index (χ3v) is 4.02. The first-order chi connectivity index (χ1) is 10.5. The number of amides is 1. The maximum absolute atomic E-state index is 11.9. The molecule has 0 fully saturated rings. The summed E-state index contributed by atoms with van der Waals surface area (Å²) in [6.07, 6.45) is 0. The summed E-state index contributed by atoms with van der Waals surface area (Å²) >= 11 is 12.5. The highest BCUT2D eigenvalue weighted by atomic mass is 35.5. The Morgan fingerprint density at radius 3 is 2.91 bits per heavy atom. The van der Waals surface area contributed by atoms with Gasteiger partial charge in [-0.2, -0.15) is 5.26 Å². The number of halogens is 2. The van der Waals surface area contributed by atoms with E-state index in [1.807, 2.05) is 19.9 Å². The zero-order valence-electron chi connectivity index (χ0n) is 12.2. The SMILES string of the molecule is CCN/C(Cl)=C(\C)c1cc2c(cc1Cl)OCC(=O)N2CC#N. The zero-order chi connectivity index (χ0) is 16.3. The van der Waals surface area contributed by atoms with E-state index < -0.39 is 0 Å². The maximum Gasteiger partial charge on any atom is 0.265 e. The van der Waals surface area contributed by atoms with Crippen LogP contribution in [-0.4, -0.2) is 25.6 Å². The first kappa shape index (κ1) is 16.5. The van der Waals surface area contributed by atoms with E-state index in [4.69, 9.17) is 33.2 Å². The van der Waals surface area contributed by atoms with E-state index in [2.05, 4.69) is 5.32 Å². The number of benzene rings is 1. The second kappa shape index (κ2) is 6.91. The highest BCUT2D eigenvalue weighted by Gasteiger charge is 2.27. The quantitative estimate of drug-likeness (QED) is 0.676. The minimum Gasteiger partial charge on any atom is -0.482 e. The summed E-state index contributed by atoms with van der Waals surface area (Å²) in [5.41, 5.74) is 1.97. The second-order valence-electron chi connectivity index (χ2n) is 4.70. The average Bonchev–Trinajstić information content (AvgIpc) is 2.49. The molecule has 0 saturated carbocycles. The van der Waals surface area contributed by atoms with Crippen LogP contribution in [0.5, 0.6) is 5.75 Å². The van der Waals surface area contributed by atoms with Crippen LogP contribution in [0.25, 0.3) is 5.57 Å². The van der Waals surface area contributed by atoms with Gasteiger partial charge in [0, 0.05) is 18.2 Å². The van der Waals surface area contributed by atoms with Crippen LogP contribution in [0.15, 0.2) is 17.3 Å². The predicted octanol–water partition coefficient (Wildman–Crippen LogP) is 3.13. The molecule has 1 amide bonds. The average molecular weight is 340 g/mol. The molecular weight excluding hydrogens is 325 g/mol. The summed E-state index contributed by atoms with van der Waals surface area (Å²) in [7, 11) is 0. The standard InChI is InChI=1S/C15H15Cl2N3O2/c1-3-19-15(17)9(2)10-6-12-13(7-11(10)16)22-8-14(21)20(12)5-4-18/h6-7,19H,3,5,8H2,1-2H3/b15-9+. The number of nitriles is 1. The van der Waals surface area contributed by atoms with Crippen LogP contribution < -0.4 is 15.0 Å². The Morgan fingerprint density at radius 1 is 1.55 bits per heavy atom. The third-order valence-electron chi connectivity index (χ3n) is 3.29. The molecule has 1 heterocycles. The van der Waals surface area contributed by atoms with E-state index in [0.717, 1.165) is 5.57 Å². The molecule has 22 heavy (non-hydrogen) atoms. The van der Waals surface area contributed by atoms with Crippen molar-refractivity contribution in [3.63, 3.8) is 0 Å². The number of anilines is 1. The lowest BCUT2D eigenvalue weighted by Crippen LogP contribution is -2.39. The third kappa shape index (κ3) is 3.13. The van der Waals surface area contributed by atoms with E-state index in [0.29, 0.717) is 33.7 Å². The van der Waals surface area contributed by atoms with Crippen molar-refractivity contribution in [2.75, 3.05) is 24.6 Å². The van der Waals surface area contributed by atoms with Gasteiger partial charge in [0.25, 0.3) is 5.91 Å². The number of fused-ring (bicyclic) bond motifs is 1. The van der Waals surface area contributed by atoms with Crippen LogP contribution in [0.3, 0.4) is 0 Å². The van der Waals surface area contributed by atoms with E-state index in [9.17, 15) is 4.79 Å². The molecule has 1 aliphatic rings. The van der Waals surface area contributed by atoms with E-state index in [1.165, 1.54) is 4.90 Å².